The number of carbonyl (C=O) groups is 1. The Morgan fingerprint density at radius 3 is 2.87 bits per heavy atom. The molecule has 9 heteroatoms. The van der Waals surface area contributed by atoms with E-state index in [0.29, 0.717) is 26.9 Å². The maximum Gasteiger partial charge on any atom is 0.277 e. The van der Waals surface area contributed by atoms with Crippen molar-refractivity contribution in [2.24, 2.45) is 0 Å². The summed E-state index contributed by atoms with van der Waals surface area (Å²) in [4.78, 5) is 12.0. The van der Waals surface area contributed by atoms with Gasteiger partial charge in [0.15, 0.2) is 0 Å². The first-order valence-electron chi connectivity index (χ1n) is 6.68. The number of carbonyl (C=O) groups excluding carboxylic acids is 1. The molecular weight excluding hydrogens is 377 g/mol. The van der Waals surface area contributed by atoms with Gasteiger partial charge in [-0.15, -0.1) is 10.2 Å². The molecule has 5 nitrogen and oxygen atoms in total. The number of aromatic nitrogens is 2. The van der Waals surface area contributed by atoms with Gasteiger partial charge in [0.05, 0.1) is 17.5 Å². The van der Waals surface area contributed by atoms with E-state index in [4.69, 9.17) is 27.6 Å². The largest absolute Gasteiger partial charge is 0.415 e. The molecule has 2 aromatic rings. The van der Waals surface area contributed by atoms with Crippen molar-refractivity contribution in [2.45, 2.75) is 23.9 Å². The monoisotopic (exact) mass is 391 g/mol. The van der Waals surface area contributed by atoms with Gasteiger partial charge in [-0.05, 0) is 30.9 Å². The molecule has 0 bridgehead atoms. The lowest BCUT2D eigenvalue weighted by Gasteiger charge is -2.15. The standard InChI is InChI=1S/C14H15Cl2N3O2S2/c1-8(10-4-3-9(15)5-11(10)16)17-12(20)6-23-14-19-18-13(21-14)7-22-2/h3-5,8H,6-7H2,1-2H3,(H,17,20). The van der Waals surface area contributed by atoms with Gasteiger partial charge in [0, 0.05) is 10.0 Å². The van der Waals surface area contributed by atoms with Crippen LogP contribution in [0.15, 0.2) is 27.8 Å². The molecule has 1 heterocycles. The smallest absolute Gasteiger partial charge is 0.277 e. The van der Waals surface area contributed by atoms with Gasteiger partial charge in [-0.3, -0.25) is 4.79 Å². The summed E-state index contributed by atoms with van der Waals surface area (Å²) in [6, 6.07) is 4.98. The summed E-state index contributed by atoms with van der Waals surface area (Å²) in [7, 11) is 0. The van der Waals surface area contributed by atoms with E-state index >= 15 is 0 Å². The third-order valence-corrected chi connectivity index (χ3v) is 4.77. The minimum Gasteiger partial charge on any atom is -0.415 e. The molecule has 0 radical (unpaired) electrons. The highest BCUT2D eigenvalue weighted by Gasteiger charge is 2.14. The van der Waals surface area contributed by atoms with Gasteiger partial charge in [0.25, 0.3) is 5.22 Å². The lowest BCUT2D eigenvalue weighted by atomic mass is 10.1. The highest BCUT2D eigenvalue weighted by atomic mass is 35.5. The van der Waals surface area contributed by atoms with Crippen LogP contribution < -0.4 is 5.32 Å². The molecular formula is C14H15Cl2N3O2S2. The summed E-state index contributed by atoms with van der Waals surface area (Å²) in [6.07, 6.45) is 1.95. The Bertz CT molecular complexity index is 682. The molecule has 2 rings (SSSR count). The summed E-state index contributed by atoms with van der Waals surface area (Å²) >= 11 is 14.8. The molecule has 23 heavy (non-hydrogen) atoms. The number of amides is 1. The van der Waals surface area contributed by atoms with Crippen molar-refractivity contribution in [3.63, 3.8) is 0 Å². The second kappa shape index (κ2) is 8.82. The molecule has 1 unspecified atom stereocenters. The molecule has 0 aliphatic heterocycles. The Labute approximate surface area is 152 Å². The Morgan fingerprint density at radius 1 is 1.39 bits per heavy atom. The zero-order valence-corrected chi connectivity index (χ0v) is 15.7. The van der Waals surface area contributed by atoms with Gasteiger partial charge in [0.2, 0.25) is 11.8 Å². The molecule has 1 aromatic carbocycles. The molecule has 0 aliphatic carbocycles. The Balaban J connectivity index is 1.86. The van der Waals surface area contributed by atoms with Gasteiger partial charge in [0.1, 0.15) is 0 Å². The van der Waals surface area contributed by atoms with Crippen LogP contribution in [-0.4, -0.2) is 28.1 Å². The van der Waals surface area contributed by atoms with Crippen molar-refractivity contribution in [1.82, 2.24) is 15.5 Å². The maximum atomic E-state index is 12.0. The minimum absolute atomic E-state index is 0.141. The predicted molar refractivity (Wildman–Crippen MR) is 95.3 cm³/mol. The molecule has 0 fully saturated rings. The van der Waals surface area contributed by atoms with Gasteiger partial charge in [-0.25, -0.2) is 0 Å². The van der Waals surface area contributed by atoms with E-state index in [-0.39, 0.29) is 17.7 Å². The van der Waals surface area contributed by atoms with Crippen molar-refractivity contribution < 1.29 is 9.21 Å². The normalized spacial score (nSPS) is 12.2. The van der Waals surface area contributed by atoms with Crippen LogP contribution in [0, 0.1) is 0 Å². The number of halogens is 2. The average Bonchev–Trinajstić information content (AvgIpc) is 2.93. The topological polar surface area (TPSA) is 68.0 Å². The van der Waals surface area contributed by atoms with E-state index in [0.717, 1.165) is 5.56 Å². The van der Waals surface area contributed by atoms with E-state index in [1.807, 2.05) is 13.2 Å². The molecule has 0 saturated heterocycles. The number of rotatable bonds is 7. The van der Waals surface area contributed by atoms with Crippen LogP contribution in [0.4, 0.5) is 0 Å². The number of thioether (sulfide) groups is 2. The van der Waals surface area contributed by atoms with Crippen molar-refractivity contribution in [2.75, 3.05) is 12.0 Å². The van der Waals surface area contributed by atoms with Crippen LogP contribution in [0.3, 0.4) is 0 Å². The zero-order valence-electron chi connectivity index (χ0n) is 12.5. The lowest BCUT2D eigenvalue weighted by molar-refractivity contribution is -0.119. The third kappa shape index (κ3) is 5.60. The number of nitrogens with zero attached hydrogens (tertiary/aromatic N) is 2. The average molecular weight is 392 g/mol. The quantitative estimate of drug-likeness (QED) is 0.712. The first kappa shape index (κ1) is 18.4. The lowest BCUT2D eigenvalue weighted by Crippen LogP contribution is -2.28. The number of hydrogen-bond acceptors (Lipinski definition) is 6. The second-order valence-electron chi connectivity index (χ2n) is 4.64. The van der Waals surface area contributed by atoms with E-state index < -0.39 is 0 Å². The fourth-order valence-electron chi connectivity index (χ4n) is 1.82. The van der Waals surface area contributed by atoms with Crippen molar-refractivity contribution in [3.05, 3.63) is 39.7 Å². The first-order chi connectivity index (χ1) is 11.0. The van der Waals surface area contributed by atoms with Crippen LogP contribution in [0.2, 0.25) is 10.0 Å². The SMILES string of the molecule is CSCc1nnc(SCC(=O)NC(C)c2ccc(Cl)cc2Cl)o1. The summed E-state index contributed by atoms with van der Waals surface area (Å²) in [5, 5.41) is 12.1. The van der Waals surface area contributed by atoms with E-state index in [9.17, 15) is 4.79 Å². The number of hydrogen-bond donors (Lipinski definition) is 1. The Morgan fingerprint density at radius 2 is 2.17 bits per heavy atom. The Kier molecular flexibility index (Phi) is 7.08. The first-order valence-corrected chi connectivity index (χ1v) is 9.81. The third-order valence-electron chi connectivity index (χ3n) is 2.85. The van der Waals surface area contributed by atoms with Crippen LogP contribution in [0.5, 0.6) is 0 Å². The molecule has 1 atom stereocenters. The van der Waals surface area contributed by atoms with Crippen molar-refractivity contribution >= 4 is 52.6 Å². The fraction of sp³-hybridized carbons (Fsp3) is 0.357. The van der Waals surface area contributed by atoms with Gasteiger partial charge < -0.3 is 9.73 Å². The van der Waals surface area contributed by atoms with E-state index in [2.05, 4.69) is 15.5 Å². The predicted octanol–water partition coefficient (Wildman–Crippen LogP) is 4.21. The molecule has 1 aromatic heterocycles. The van der Waals surface area contributed by atoms with E-state index in [1.54, 1.807) is 30.0 Å². The van der Waals surface area contributed by atoms with Crippen LogP contribution in [-0.2, 0) is 10.5 Å². The summed E-state index contributed by atoms with van der Waals surface area (Å²) in [5.74, 6) is 1.27. The number of benzene rings is 1. The fourth-order valence-corrected chi connectivity index (χ4v) is 3.35. The van der Waals surface area contributed by atoms with Crippen molar-refractivity contribution in [1.29, 1.82) is 0 Å². The van der Waals surface area contributed by atoms with E-state index in [1.165, 1.54) is 11.8 Å². The van der Waals surface area contributed by atoms with Gasteiger partial charge in [-0.2, -0.15) is 11.8 Å². The summed E-state index contributed by atoms with van der Waals surface area (Å²) in [5.41, 5.74) is 0.814. The molecule has 0 aliphatic rings. The number of nitrogens with one attached hydrogen (secondary N) is 1. The van der Waals surface area contributed by atoms with Crippen LogP contribution in [0.25, 0.3) is 0 Å². The van der Waals surface area contributed by atoms with Crippen LogP contribution in [0.1, 0.15) is 24.4 Å². The minimum atomic E-state index is -0.220. The second-order valence-corrected chi connectivity index (χ2v) is 7.27. The molecule has 0 spiro atoms. The summed E-state index contributed by atoms with van der Waals surface area (Å²) < 4.78 is 5.40. The Hall–Kier alpha value is -0.890. The maximum absolute atomic E-state index is 12.0. The summed E-state index contributed by atoms with van der Waals surface area (Å²) in [6.45, 7) is 1.86. The molecule has 0 saturated carbocycles. The van der Waals surface area contributed by atoms with Gasteiger partial charge >= 0.3 is 0 Å². The molecule has 1 amide bonds. The van der Waals surface area contributed by atoms with Crippen LogP contribution >= 0.6 is 46.7 Å². The molecule has 1 N–H and O–H groups in total. The highest BCUT2D eigenvalue weighted by Crippen LogP contribution is 2.26. The highest BCUT2D eigenvalue weighted by molar-refractivity contribution is 7.99. The zero-order chi connectivity index (χ0) is 16.8. The van der Waals surface area contributed by atoms with Gasteiger partial charge in [-0.1, -0.05) is 41.0 Å². The van der Waals surface area contributed by atoms with Crippen molar-refractivity contribution in [3.8, 4) is 0 Å². The molecule has 124 valence electrons.